The summed E-state index contributed by atoms with van der Waals surface area (Å²) in [5.74, 6) is -3.35. The van der Waals surface area contributed by atoms with Gasteiger partial charge < -0.3 is 43.2 Å². The number of carbonyl (C=O) groups is 4. The molecule has 1 heterocycles. The molecule has 14 heteroatoms. The maximum Gasteiger partial charge on any atom is 0.326 e. The van der Waals surface area contributed by atoms with E-state index in [4.69, 9.17) is 17.2 Å². The largest absolute Gasteiger partial charge is 0.480 e. The Morgan fingerprint density at radius 3 is 2.16 bits per heavy atom. The van der Waals surface area contributed by atoms with Gasteiger partial charge in [-0.3, -0.25) is 19.4 Å². The first kappa shape index (κ1) is 31.4. The van der Waals surface area contributed by atoms with Crippen molar-refractivity contribution in [1.29, 1.82) is 0 Å². The Bertz CT molecular complexity index is 914. The van der Waals surface area contributed by atoms with Crippen molar-refractivity contribution < 1.29 is 24.3 Å². The molecule has 0 spiro atoms. The summed E-state index contributed by atoms with van der Waals surface area (Å²) >= 11 is 0. The molecule has 1 aromatic rings. The predicted octanol–water partition coefficient (Wildman–Crippen LogP) is -1.43. The second kappa shape index (κ2) is 15.4. The van der Waals surface area contributed by atoms with Gasteiger partial charge in [-0.15, -0.1) is 0 Å². The van der Waals surface area contributed by atoms with Gasteiger partial charge in [0, 0.05) is 24.9 Å². The van der Waals surface area contributed by atoms with Crippen molar-refractivity contribution in [2.24, 2.45) is 34.0 Å². The van der Waals surface area contributed by atoms with E-state index in [0.717, 1.165) is 0 Å². The lowest BCUT2D eigenvalue weighted by atomic mass is 10.0. The number of imidazole rings is 1. The zero-order chi connectivity index (χ0) is 28.1. The normalized spacial score (nSPS) is 14.4. The van der Waals surface area contributed by atoms with Gasteiger partial charge in [-0.25, -0.2) is 9.78 Å². The van der Waals surface area contributed by atoms with E-state index in [2.05, 4.69) is 30.9 Å². The van der Waals surface area contributed by atoms with Gasteiger partial charge >= 0.3 is 5.97 Å². The fraction of sp³-hybridized carbons (Fsp3) is 0.652. The molecule has 1 aromatic heterocycles. The number of aliphatic imine (C=N–C) groups is 1. The molecule has 0 saturated carbocycles. The van der Waals surface area contributed by atoms with Gasteiger partial charge in [0.2, 0.25) is 17.7 Å². The van der Waals surface area contributed by atoms with E-state index in [1.807, 2.05) is 13.8 Å². The summed E-state index contributed by atoms with van der Waals surface area (Å²) in [4.78, 5) is 61.3. The molecule has 1 rings (SSSR count). The third-order valence-corrected chi connectivity index (χ3v) is 5.48. The molecule has 0 aliphatic rings. The van der Waals surface area contributed by atoms with Crippen molar-refractivity contribution in [2.45, 2.75) is 77.5 Å². The number of aliphatic carboxylic acids is 1. The van der Waals surface area contributed by atoms with Crippen molar-refractivity contribution in [1.82, 2.24) is 25.9 Å². The van der Waals surface area contributed by atoms with Crippen molar-refractivity contribution in [3.8, 4) is 0 Å². The summed E-state index contributed by atoms with van der Waals surface area (Å²) in [6.45, 7) is 7.39. The molecule has 4 atom stereocenters. The van der Waals surface area contributed by atoms with Crippen LogP contribution < -0.4 is 33.2 Å². The molecule has 14 nitrogen and oxygen atoms in total. The number of nitrogens with two attached hydrogens (primary N) is 3. The quantitative estimate of drug-likeness (QED) is 0.0718. The standard InChI is InChI=1S/C23H41N9O5/c1-12(2)8-15(24)19(33)30-16(6-5-7-28-23(25)26)20(34)31-17(9-14-10-27-11-29-14)21(35)32-18(13(3)4)22(36)37/h10-13,15-18H,5-9,24H2,1-4H3,(H,27,29)(H,30,33)(H,31,34)(H,32,35)(H,36,37)(H4,25,26,28). The molecule has 37 heavy (non-hydrogen) atoms. The molecule has 0 aromatic carbocycles. The van der Waals surface area contributed by atoms with Crippen LogP contribution in [-0.2, 0) is 25.6 Å². The minimum Gasteiger partial charge on any atom is -0.480 e. The van der Waals surface area contributed by atoms with E-state index >= 15 is 0 Å². The average molecular weight is 524 g/mol. The van der Waals surface area contributed by atoms with Gasteiger partial charge in [0.1, 0.15) is 18.1 Å². The van der Waals surface area contributed by atoms with Crippen molar-refractivity contribution in [3.63, 3.8) is 0 Å². The van der Waals surface area contributed by atoms with Crippen LogP contribution in [0.5, 0.6) is 0 Å². The highest BCUT2D eigenvalue weighted by atomic mass is 16.4. The minimum atomic E-state index is -1.20. The molecule has 0 radical (unpaired) electrons. The van der Waals surface area contributed by atoms with Crippen LogP contribution in [0.2, 0.25) is 0 Å². The SMILES string of the molecule is CC(C)CC(N)C(=O)NC(CCCN=C(N)N)C(=O)NC(Cc1cnc[nH]1)C(=O)NC(C(=O)O)C(C)C. The minimum absolute atomic E-state index is 0.0174. The number of carbonyl (C=O) groups excluding carboxylic acids is 3. The molecule has 0 aliphatic heterocycles. The van der Waals surface area contributed by atoms with E-state index in [-0.39, 0.29) is 31.3 Å². The molecule has 0 aliphatic carbocycles. The number of nitrogens with zero attached hydrogens (tertiary/aromatic N) is 2. The zero-order valence-electron chi connectivity index (χ0n) is 21.9. The molecule has 3 amide bonds. The number of hydrogen-bond donors (Lipinski definition) is 8. The van der Waals surface area contributed by atoms with Gasteiger partial charge in [0.05, 0.1) is 12.4 Å². The van der Waals surface area contributed by atoms with Crippen LogP contribution in [0.1, 0.15) is 52.7 Å². The number of rotatable bonds is 16. The lowest BCUT2D eigenvalue weighted by molar-refractivity contribution is -0.143. The van der Waals surface area contributed by atoms with Crippen LogP contribution >= 0.6 is 0 Å². The first-order chi connectivity index (χ1) is 17.3. The number of amides is 3. The number of carboxylic acids is 1. The summed E-state index contributed by atoms with van der Waals surface area (Å²) in [5, 5.41) is 17.2. The topological polar surface area (TPSA) is 244 Å². The monoisotopic (exact) mass is 523 g/mol. The second-order valence-electron chi connectivity index (χ2n) is 9.66. The molecule has 11 N–H and O–H groups in total. The molecule has 4 unspecified atom stereocenters. The lowest BCUT2D eigenvalue weighted by Crippen LogP contribution is -2.58. The number of carboxylic acid groups (broad SMARTS) is 1. The smallest absolute Gasteiger partial charge is 0.326 e. The summed E-state index contributed by atoms with van der Waals surface area (Å²) in [7, 11) is 0. The molecular formula is C23H41N9O5. The molecule has 208 valence electrons. The molecule has 0 fully saturated rings. The van der Waals surface area contributed by atoms with Crippen LogP contribution in [0.3, 0.4) is 0 Å². The highest BCUT2D eigenvalue weighted by Crippen LogP contribution is 2.08. The molecule has 0 bridgehead atoms. The highest BCUT2D eigenvalue weighted by Gasteiger charge is 2.31. The van der Waals surface area contributed by atoms with Gasteiger partial charge in [-0.05, 0) is 31.1 Å². The third kappa shape index (κ3) is 11.7. The number of aromatic amines is 1. The Hall–Kier alpha value is -3.68. The Kier molecular flexibility index (Phi) is 13.1. The van der Waals surface area contributed by atoms with E-state index in [9.17, 15) is 24.3 Å². The van der Waals surface area contributed by atoms with Crippen LogP contribution in [0.4, 0.5) is 0 Å². The first-order valence-corrected chi connectivity index (χ1v) is 12.2. The van der Waals surface area contributed by atoms with Gasteiger partial charge in [0.25, 0.3) is 0 Å². The van der Waals surface area contributed by atoms with Gasteiger partial charge in [-0.1, -0.05) is 27.7 Å². The molecular weight excluding hydrogens is 482 g/mol. The van der Waals surface area contributed by atoms with Crippen LogP contribution in [0, 0.1) is 11.8 Å². The maximum atomic E-state index is 13.3. The first-order valence-electron chi connectivity index (χ1n) is 12.2. The van der Waals surface area contributed by atoms with E-state index < -0.39 is 53.8 Å². The number of hydrogen-bond acceptors (Lipinski definition) is 7. The number of nitrogens with one attached hydrogen (secondary N) is 4. The number of aromatic nitrogens is 2. The average Bonchev–Trinajstić information content (AvgIpc) is 3.30. The van der Waals surface area contributed by atoms with E-state index in [1.54, 1.807) is 13.8 Å². The Morgan fingerprint density at radius 1 is 1.03 bits per heavy atom. The zero-order valence-corrected chi connectivity index (χ0v) is 21.9. The Balaban J connectivity index is 3.09. The van der Waals surface area contributed by atoms with Crippen LogP contribution in [0.15, 0.2) is 17.5 Å². The summed E-state index contributed by atoms with van der Waals surface area (Å²) in [6.07, 6.45) is 3.88. The predicted molar refractivity (Wildman–Crippen MR) is 138 cm³/mol. The number of guanidine groups is 1. The summed E-state index contributed by atoms with van der Waals surface area (Å²) in [6, 6.07) is -4.15. The van der Waals surface area contributed by atoms with Crippen LogP contribution in [0.25, 0.3) is 0 Å². The Morgan fingerprint density at radius 2 is 1.65 bits per heavy atom. The van der Waals surface area contributed by atoms with Gasteiger partial charge in [-0.2, -0.15) is 0 Å². The number of H-pyrrole nitrogens is 1. The summed E-state index contributed by atoms with van der Waals surface area (Å²) < 4.78 is 0. The lowest BCUT2D eigenvalue weighted by Gasteiger charge is -2.26. The maximum absolute atomic E-state index is 13.3. The highest BCUT2D eigenvalue weighted by molar-refractivity contribution is 5.94. The van der Waals surface area contributed by atoms with Gasteiger partial charge in [0.15, 0.2) is 5.96 Å². The van der Waals surface area contributed by atoms with E-state index in [0.29, 0.717) is 18.5 Å². The van der Waals surface area contributed by atoms with Crippen LogP contribution in [-0.4, -0.2) is 75.4 Å². The van der Waals surface area contributed by atoms with Crippen molar-refractivity contribution >= 4 is 29.7 Å². The Labute approximate surface area is 216 Å². The summed E-state index contributed by atoms with van der Waals surface area (Å²) in [5.41, 5.74) is 17.2. The third-order valence-electron chi connectivity index (χ3n) is 5.48. The fourth-order valence-corrected chi connectivity index (χ4v) is 3.53. The van der Waals surface area contributed by atoms with Crippen molar-refractivity contribution in [3.05, 3.63) is 18.2 Å². The molecule has 0 saturated heterocycles. The van der Waals surface area contributed by atoms with E-state index in [1.165, 1.54) is 12.5 Å². The fourth-order valence-electron chi connectivity index (χ4n) is 3.53. The van der Waals surface area contributed by atoms with Crippen molar-refractivity contribution in [2.75, 3.05) is 6.54 Å². The second-order valence-corrected chi connectivity index (χ2v) is 9.66.